The van der Waals surface area contributed by atoms with E-state index >= 15 is 0 Å². The number of carbonyl (C=O) groups excluding carboxylic acids is 2. The van der Waals surface area contributed by atoms with E-state index in [4.69, 9.17) is 0 Å². The molecule has 5 nitrogen and oxygen atoms in total. The summed E-state index contributed by atoms with van der Waals surface area (Å²) < 4.78 is 0. The zero-order valence-electron chi connectivity index (χ0n) is 13.0. The number of carbonyl (C=O) groups is 2. The molecular weight excluding hydrogens is 278 g/mol. The molecule has 5 heteroatoms. The lowest BCUT2D eigenvalue weighted by Crippen LogP contribution is -2.34. The third-order valence-corrected chi connectivity index (χ3v) is 4.18. The standard InChI is InChI=1S/C17H25N3O2/c21-16(7-6-14-4-2-1-3-5-14)19-12-13-20-17(22)15-8-10-18-11-9-15/h8-11,14H,1-7,12-13H2,(H,19,21)(H,20,22). The van der Waals surface area contributed by atoms with Gasteiger partial charge in [-0.3, -0.25) is 14.6 Å². The zero-order valence-corrected chi connectivity index (χ0v) is 13.0. The van der Waals surface area contributed by atoms with Crippen molar-refractivity contribution in [3.63, 3.8) is 0 Å². The highest BCUT2D eigenvalue weighted by Crippen LogP contribution is 2.27. The van der Waals surface area contributed by atoms with E-state index in [2.05, 4.69) is 15.6 Å². The molecule has 120 valence electrons. The Bertz CT molecular complexity index is 470. The van der Waals surface area contributed by atoms with Crippen LogP contribution >= 0.6 is 0 Å². The highest BCUT2D eigenvalue weighted by molar-refractivity contribution is 5.93. The van der Waals surface area contributed by atoms with Crippen molar-refractivity contribution in [1.29, 1.82) is 0 Å². The van der Waals surface area contributed by atoms with Gasteiger partial charge >= 0.3 is 0 Å². The lowest BCUT2D eigenvalue weighted by atomic mass is 9.86. The maximum atomic E-state index is 11.8. The minimum Gasteiger partial charge on any atom is -0.354 e. The van der Waals surface area contributed by atoms with Crippen molar-refractivity contribution in [1.82, 2.24) is 15.6 Å². The molecule has 1 aliphatic carbocycles. The van der Waals surface area contributed by atoms with Crippen molar-refractivity contribution in [3.8, 4) is 0 Å². The smallest absolute Gasteiger partial charge is 0.251 e. The van der Waals surface area contributed by atoms with E-state index in [9.17, 15) is 9.59 Å². The Morgan fingerprint density at radius 3 is 2.45 bits per heavy atom. The monoisotopic (exact) mass is 303 g/mol. The first-order valence-electron chi connectivity index (χ1n) is 8.20. The SMILES string of the molecule is O=C(CCC1CCCCC1)NCCNC(=O)c1ccncc1. The fraction of sp³-hybridized carbons (Fsp3) is 0.588. The minimum absolute atomic E-state index is 0.0868. The first-order valence-corrected chi connectivity index (χ1v) is 8.20. The van der Waals surface area contributed by atoms with Gasteiger partial charge in [0.05, 0.1) is 0 Å². The average molecular weight is 303 g/mol. The largest absolute Gasteiger partial charge is 0.354 e. The van der Waals surface area contributed by atoms with Crippen molar-refractivity contribution >= 4 is 11.8 Å². The molecule has 1 heterocycles. The van der Waals surface area contributed by atoms with Crippen LogP contribution in [0.4, 0.5) is 0 Å². The minimum atomic E-state index is -0.140. The predicted octanol–water partition coefficient (Wildman–Crippen LogP) is 2.29. The van der Waals surface area contributed by atoms with Crippen molar-refractivity contribution in [2.45, 2.75) is 44.9 Å². The van der Waals surface area contributed by atoms with Crippen LogP contribution in [0.15, 0.2) is 24.5 Å². The number of hydrogen-bond acceptors (Lipinski definition) is 3. The van der Waals surface area contributed by atoms with Crippen molar-refractivity contribution < 1.29 is 9.59 Å². The second-order valence-corrected chi connectivity index (χ2v) is 5.88. The number of rotatable bonds is 7. The van der Waals surface area contributed by atoms with E-state index in [0.717, 1.165) is 12.3 Å². The fourth-order valence-corrected chi connectivity index (χ4v) is 2.88. The molecule has 22 heavy (non-hydrogen) atoms. The van der Waals surface area contributed by atoms with Gasteiger partial charge in [-0.25, -0.2) is 0 Å². The first-order chi connectivity index (χ1) is 10.8. The summed E-state index contributed by atoms with van der Waals surface area (Å²) in [5, 5.41) is 5.64. The predicted molar refractivity (Wildman–Crippen MR) is 85.4 cm³/mol. The summed E-state index contributed by atoms with van der Waals surface area (Å²) >= 11 is 0. The maximum Gasteiger partial charge on any atom is 0.251 e. The molecule has 0 saturated heterocycles. The Labute approximate surface area is 131 Å². The Hall–Kier alpha value is -1.91. The molecule has 2 rings (SSSR count). The van der Waals surface area contributed by atoms with Gasteiger partial charge in [0.15, 0.2) is 0 Å². The lowest BCUT2D eigenvalue weighted by molar-refractivity contribution is -0.121. The molecule has 0 bridgehead atoms. The Morgan fingerprint density at radius 1 is 1.05 bits per heavy atom. The molecule has 0 unspecified atom stereocenters. The van der Waals surface area contributed by atoms with Gasteiger partial charge in [-0.15, -0.1) is 0 Å². The van der Waals surface area contributed by atoms with Crippen LogP contribution in [-0.4, -0.2) is 29.9 Å². The average Bonchev–Trinajstić information content (AvgIpc) is 2.58. The summed E-state index contributed by atoms with van der Waals surface area (Å²) in [6.07, 6.45) is 11.3. The van der Waals surface area contributed by atoms with E-state index < -0.39 is 0 Å². The number of nitrogens with one attached hydrogen (secondary N) is 2. The molecule has 0 aliphatic heterocycles. The molecule has 1 aromatic rings. The highest BCUT2D eigenvalue weighted by atomic mass is 16.2. The van der Waals surface area contributed by atoms with Crippen molar-refractivity contribution in [2.75, 3.05) is 13.1 Å². The number of aromatic nitrogens is 1. The normalized spacial score (nSPS) is 15.3. The summed E-state index contributed by atoms with van der Waals surface area (Å²) in [5.41, 5.74) is 0.582. The van der Waals surface area contributed by atoms with Crippen molar-refractivity contribution in [2.24, 2.45) is 5.92 Å². The zero-order chi connectivity index (χ0) is 15.6. The van der Waals surface area contributed by atoms with E-state index in [1.807, 2.05) is 0 Å². The topological polar surface area (TPSA) is 71.1 Å². The van der Waals surface area contributed by atoms with Crippen LogP contribution < -0.4 is 10.6 Å². The van der Waals surface area contributed by atoms with Gasteiger partial charge in [0.25, 0.3) is 5.91 Å². The van der Waals surface area contributed by atoms with Gasteiger partial charge < -0.3 is 10.6 Å². The molecular formula is C17H25N3O2. The van der Waals surface area contributed by atoms with Gasteiger partial charge in [-0.05, 0) is 24.5 Å². The molecule has 2 amide bonds. The van der Waals surface area contributed by atoms with E-state index in [1.54, 1.807) is 24.5 Å². The summed E-state index contributed by atoms with van der Waals surface area (Å²) in [6.45, 7) is 0.913. The summed E-state index contributed by atoms with van der Waals surface area (Å²) in [5.74, 6) is 0.675. The van der Waals surface area contributed by atoms with Gasteiger partial charge in [0.1, 0.15) is 0 Å². The molecule has 2 N–H and O–H groups in total. The fourth-order valence-electron chi connectivity index (χ4n) is 2.88. The Kier molecular flexibility index (Phi) is 6.87. The molecule has 0 radical (unpaired) electrons. The van der Waals surface area contributed by atoms with Gasteiger partial charge in [-0.2, -0.15) is 0 Å². The van der Waals surface area contributed by atoms with Crippen LogP contribution in [0.3, 0.4) is 0 Å². The number of amides is 2. The summed E-state index contributed by atoms with van der Waals surface area (Å²) in [7, 11) is 0. The third kappa shape index (κ3) is 5.84. The lowest BCUT2D eigenvalue weighted by Gasteiger charge is -2.20. The van der Waals surface area contributed by atoms with Gasteiger partial charge in [0, 0.05) is 37.5 Å². The highest BCUT2D eigenvalue weighted by Gasteiger charge is 2.14. The van der Waals surface area contributed by atoms with E-state index in [1.165, 1.54) is 32.1 Å². The van der Waals surface area contributed by atoms with Gasteiger partial charge in [-0.1, -0.05) is 32.1 Å². The van der Waals surface area contributed by atoms with Crippen LogP contribution in [0.25, 0.3) is 0 Å². The van der Waals surface area contributed by atoms with Crippen molar-refractivity contribution in [3.05, 3.63) is 30.1 Å². The number of hydrogen-bond donors (Lipinski definition) is 2. The van der Waals surface area contributed by atoms with Gasteiger partial charge in [0.2, 0.25) is 5.91 Å². The quantitative estimate of drug-likeness (QED) is 0.759. The van der Waals surface area contributed by atoms with Crippen LogP contribution in [0, 0.1) is 5.92 Å². The van der Waals surface area contributed by atoms with E-state index in [0.29, 0.717) is 25.1 Å². The molecule has 0 atom stereocenters. The molecule has 0 aromatic carbocycles. The molecule has 1 aliphatic rings. The van der Waals surface area contributed by atoms with Crippen LogP contribution in [0.1, 0.15) is 55.3 Å². The van der Waals surface area contributed by atoms with Crippen LogP contribution in [0.2, 0.25) is 0 Å². The Morgan fingerprint density at radius 2 is 1.73 bits per heavy atom. The molecule has 1 saturated carbocycles. The third-order valence-electron chi connectivity index (χ3n) is 4.18. The first kappa shape index (κ1) is 16.5. The molecule has 0 spiro atoms. The maximum absolute atomic E-state index is 11.8. The summed E-state index contributed by atoms with van der Waals surface area (Å²) in [6, 6.07) is 3.33. The Balaban J connectivity index is 1.54. The van der Waals surface area contributed by atoms with Crippen LogP contribution in [-0.2, 0) is 4.79 Å². The molecule has 1 fully saturated rings. The molecule has 1 aromatic heterocycles. The van der Waals surface area contributed by atoms with E-state index in [-0.39, 0.29) is 11.8 Å². The second kappa shape index (κ2) is 9.18. The van der Waals surface area contributed by atoms with Crippen LogP contribution in [0.5, 0.6) is 0 Å². The number of pyridine rings is 1. The number of nitrogens with zero attached hydrogens (tertiary/aromatic N) is 1. The summed E-state index contributed by atoms with van der Waals surface area (Å²) in [4.78, 5) is 27.4. The second-order valence-electron chi connectivity index (χ2n) is 5.88.